The third-order valence-corrected chi connectivity index (χ3v) is 16.5. The first-order valence-corrected chi connectivity index (χ1v) is 19.5. The van der Waals surface area contributed by atoms with Crippen LogP contribution in [-0.4, -0.2) is 72.1 Å². The molecule has 0 spiro atoms. The van der Waals surface area contributed by atoms with Gasteiger partial charge in [0.15, 0.2) is 0 Å². The maximum absolute atomic E-state index is 13.5. The van der Waals surface area contributed by atoms with E-state index in [9.17, 15) is 9.90 Å². The first-order valence-electron chi connectivity index (χ1n) is 19.5. The Morgan fingerprint density at radius 3 is 2.47 bits per heavy atom. The molecule has 11 heteroatoms. The summed E-state index contributed by atoms with van der Waals surface area (Å²) in [6.45, 7) is 24.2. The average Bonchev–Trinajstić information content (AvgIpc) is 3.76. The van der Waals surface area contributed by atoms with E-state index in [-0.39, 0.29) is 51.1 Å². The van der Waals surface area contributed by atoms with Crippen LogP contribution in [-0.2, 0) is 14.3 Å². The van der Waals surface area contributed by atoms with Gasteiger partial charge in [-0.2, -0.15) is 19.9 Å². The summed E-state index contributed by atoms with van der Waals surface area (Å²) in [6.07, 6.45) is 12.7. The molecule has 51 heavy (non-hydrogen) atoms. The van der Waals surface area contributed by atoms with Crippen molar-refractivity contribution >= 4 is 5.97 Å². The highest BCUT2D eigenvalue weighted by molar-refractivity contribution is 5.73. The highest BCUT2D eigenvalue weighted by atomic mass is 16.5. The lowest BCUT2D eigenvalue weighted by atomic mass is 9.34. The fourth-order valence-electron chi connectivity index (χ4n) is 12.5. The van der Waals surface area contributed by atoms with Crippen molar-refractivity contribution in [3.63, 3.8) is 0 Å². The zero-order valence-corrected chi connectivity index (χ0v) is 32.7. The minimum Gasteiger partial charge on any atom is -0.481 e. The largest absolute Gasteiger partial charge is 0.481 e. The number of allylic oxidation sites excluding steroid dienone is 1. The van der Waals surface area contributed by atoms with E-state index in [1.54, 1.807) is 17.3 Å². The number of carboxylic acid groups (broad SMARTS) is 1. The Kier molecular flexibility index (Phi) is 8.78. The molecule has 0 aromatic carbocycles. The molecule has 5 aliphatic rings. The summed E-state index contributed by atoms with van der Waals surface area (Å²) >= 11 is 0. The molecule has 2 aromatic rings. The molecular weight excluding hydrogens is 642 g/mol. The molecule has 2 aromatic heterocycles. The van der Waals surface area contributed by atoms with Crippen molar-refractivity contribution in [3.05, 3.63) is 30.6 Å². The Morgan fingerprint density at radius 1 is 1.08 bits per heavy atom. The molecule has 4 aliphatic carbocycles. The number of hydrogen-bond acceptors (Lipinski definition) is 8. The Balaban J connectivity index is 1.35. The van der Waals surface area contributed by atoms with Gasteiger partial charge in [0.2, 0.25) is 0 Å². The van der Waals surface area contributed by atoms with Crippen molar-refractivity contribution in [1.82, 2.24) is 29.5 Å². The molecule has 1 aliphatic heterocycles. The molecule has 4 fully saturated rings. The Labute approximate surface area is 304 Å². The summed E-state index contributed by atoms with van der Waals surface area (Å²) in [5.41, 5.74) is 6.45. The Hall–Kier alpha value is -2.63. The molecule has 282 valence electrons. The van der Waals surface area contributed by atoms with Gasteiger partial charge in [0.1, 0.15) is 19.0 Å². The lowest BCUT2D eigenvalue weighted by Crippen LogP contribution is -2.69. The molecule has 11 nitrogen and oxygen atoms in total. The van der Waals surface area contributed by atoms with Crippen LogP contribution >= 0.6 is 0 Å². The summed E-state index contributed by atoms with van der Waals surface area (Å²) in [5.74, 6) is 1.12. The predicted molar refractivity (Wildman–Crippen MR) is 195 cm³/mol. The Bertz CT molecular complexity index is 1650. The van der Waals surface area contributed by atoms with Gasteiger partial charge in [-0.15, -0.1) is 0 Å². The monoisotopic (exact) mass is 705 g/mol. The van der Waals surface area contributed by atoms with E-state index in [1.165, 1.54) is 11.9 Å². The lowest BCUT2D eigenvalue weighted by molar-refractivity contribution is -0.252. The zero-order valence-electron chi connectivity index (χ0n) is 32.7. The number of nitrogens with zero attached hydrogens (tertiary/aromatic N) is 6. The minimum absolute atomic E-state index is 0.158. The molecule has 0 radical (unpaired) electrons. The van der Waals surface area contributed by atoms with Gasteiger partial charge in [0.25, 0.3) is 5.95 Å². The van der Waals surface area contributed by atoms with Gasteiger partial charge < -0.3 is 20.3 Å². The molecule has 1 saturated heterocycles. The minimum atomic E-state index is -0.631. The van der Waals surface area contributed by atoms with Crippen LogP contribution in [0, 0.1) is 62.6 Å². The topological polar surface area (TPSA) is 143 Å². The molecule has 3 N–H and O–H groups in total. The van der Waals surface area contributed by atoms with E-state index in [0.29, 0.717) is 43.5 Å². The number of rotatable bonds is 9. The number of nitrogens with two attached hydrogens (primary N) is 1. The maximum atomic E-state index is 13.5. The van der Waals surface area contributed by atoms with Crippen LogP contribution in [0.25, 0.3) is 5.95 Å². The van der Waals surface area contributed by atoms with Crippen LogP contribution in [0.5, 0.6) is 0 Å². The summed E-state index contributed by atoms with van der Waals surface area (Å²) < 4.78 is 17.5. The Morgan fingerprint density at radius 2 is 1.82 bits per heavy atom. The zero-order chi connectivity index (χ0) is 36.9. The average molecular weight is 706 g/mol. The van der Waals surface area contributed by atoms with Crippen molar-refractivity contribution in [3.8, 4) is 5.95 Å². The van der Waals surface area contributed by atoms with Crippen molar-refractivity contribution < 1.29 is 19.4 Å². The first kappa shape index (κ1) is 36.7. The fourth-order valence-corrected chi connectivity index (χ4v) is 12.5. The van der Waals surface area contributed by atoms with E-state index in [0.717, 1.165) is 38.5 Å². The van der Waals surface area contributed by atoms with Crippen molar-refractivity contribution in [1.29, 1.82) is 0 Å². The molecule has 2 bridgehead atoms. The number of ether oxygens (including phenoxy) is 2. The predicted octanol–water partition coefficient (Wildman–Crippen LogP) is 6.75. The number of aliphatic carboxylic acids is 1. The third-order valence-electron chi connectivity index (χ3n) is 16.5. The second-order valence-corrected chi connectivity index (χ2v) is 19.4. The van der Waals surface area contributed by atoms with E-state index >= 15 is 0 Å². The van der Waals surface area contributed by atoms with Gasteiger partial charge in [-0.25, -0.2) is 9.67 Å². The van der Waals surface area contributed by atoms with Crippen LogP contribution < -0.4 is 5.73 Å². The van der Waals surface area contributed by atoms with Gasteiger partial charge in [0.05, 0.1) is 37.9 Å². The number of carboxylic acids is 1. The van der Waals surface area contributed by atoms with Crippen molar-refractivity contribution in [2.45, 2.75) is 125 Å². The molecule has 12 atom stereocenters. The number of fused-ring (bicyclic) bond motifs is 3. The third kappa shape index (κ3) is 5.09. The maximum Gasteiger partial charge on any atom is 0.307 e. The van der Waals surface area contributed by atoms with Gasteiger partial charge in [0, 0.05) is 16.4 Å². The van der Waals surface area contributed by atoms with Crippen LogP contribution in [0.4, 0.5) is 0 Å². The normalized spacial score (nSPS) is 42.4. The van der Waals surface area contributed by atoms with Gasteiger partial charge in [-0.05, 0) is 91.3 Å². The molecular formula is C40H63N7O4. The number of carbonyl (C=O) groups is 1. The second-order valence-electron chi connectivity index (χ2n) is 19.4. The molecule has 0 unspecified atom stereocenters. The quantitative estimate of drug-likeness (QED) is 0.271. The van der Waals surface area contributed by atoms with Crippen LogP contribution in [0.1, 0.15) is 114 Å². The van der Waals surface area contributed by atoms with Crippen molar-refractivity contribution in [2.75, 3.05) is 19.8 Å². The van der Waals surface area contributed by atoms with E-state index in [1.807, 2.05) is 4.68 Å². The smallest absolute Gasteiger partial charge is 0.307 e. The standard InChI is InChI=1S/C40H63N7O4/c1-24(2)26(5)35(6)15-16-37(8)27-11-12-30-36(7)18-50-20-40(30,28(27)13-14-38(37,9)31(35)33(48)49)17-29(32(36)51-19-39(10,41)25(3)4)47-34(43-22-45-47)46-23-42-21-44-46/h13,21-27,29-32H,11-12,14-20,41H2,1-10H3,(H,48,49)/t26-,27+,29-,30+,31-,32+,35-,36-,37-,38+,39+,40+/m1/s1. The summed E-state index contributed by atoms with van der Waals surface area (Å²) in [4.78, 5) is 22.4. The molecule has 3 heterocycles. The van der Waals surface area contributed by atoms with Crippen LogP contribution in [0.3, 0.4) is 0 Å². The lowest BCUT2D eigenvalue weighted by Gasteiger charge is -2.71. The van der Waals surface area contributed by atoms with Crippen molar-refractivity contribution in [2.24, 2.45) is 68.3 Å². The second kappa shape index (κ2) is 12.2. The van der Waals surface area contributed by atoms with E-state index < -0.39 is 17.4 Å². The fraction of sp³-hybridized carbons (Fsp3) is 0.825. The SMILES string of the molecule is CC(C)[C@@H](C)[C@@]1(C)CC[C@]2(C)[C@H]3CC[C@@H]4[C@@]5(COC[C@@]4(C)[C@@H](OC[C@](C)(N)C(C)C)[C@H](n4ncnc4-n4cncn4)C5)C3=CC[C@@]2(C)[C@@H]1C(=O)O. The van der Waals surface area contributed by atoms with Gasteiger partial charge in [-0.3, -0.25) is 4.79 Å². The van der Waals surface area contributed by atoms with Gasteiger partial charge >= 0.3 is 5.97 Å². The summed E-state index contributed by atoms with van der Waals surface area (Å²) in [6, 6.07) is -0.158. The highest BCUT2D eigenvalue weighted by Crippen LogP contribution is 2.75. The van der Waals surface area contributed by atoms with Crippen LogP contribution in [0.15, 0.2) is 30.6 Å². The van der Waals surface area contributed by atoms with E-state index in [2.05, 4.69) is 90.4 Å². The highest BCUT2D eigenvalue weighted by Gasteiger charge is 2.72. The summed E-state index contributed by atoms with van der Waals surface area (Å²) in [5, 5.41) is 20.4. The van der Waals surface area contributed by atoms with Crippen LogP contribution in [0.2, 0.25) is 0 Å². The molecule has 3 saturated carbocycles. The molecule has 7 rings (SSSR count). The molecule has 0 amide bonds. The van der Waals surface area contributed by atoms with E-state index in [4.69, 9.17) is 20.3 Å². The number of aromatic nitrogens is 6. The summed E-state index contributed by atoms with van der Waals surface area (Å²) in [7, 11) is 0. The van der Waals surface area contributed by atoms with Gasteiger partial charge in [-0.1, -0.05) is 74.0 Å². The number of hydrogen-bond donors (Lipinski definition) is 2. The first-order chi connectivity index (χ1) is 23.9.